The van der Waals surface area contributed by atoms with Gasteiger partial charge in [-0.15, -0.1) is 0 Å². The van der Waals surface area contributed by atoms with Gasteiger partial charge in [0.2, 0.25) is 0 Å². The van der Waals surface area contributed by atoms with Gasteiger partial charge in [-0.25, -0.2) is 0 Å². The maximum Gasteiger partial charge on any atom is 0.256 e. The molecule has 0 spiro atoms. The van der Waals surface area contributed by atoms with Crippen LogP contribution in [0, 0.1) is 0 Å². The predicted octanol–water partition coefficient (Wildman–Crippen LogP) is 3.70. The van der Waals surface area contributed by atoms with Gasteiger partial charge in [0.1, 0.15) is 17.1 Å². The van der Waals surface area contributed by atoms with E-state index in [1.54, 1.807) is 38.4 Å². The lowest BCUT2D eigenvalue weighted by atomic mass is 10.1. The van der Waals surface area contributed by atoms with E-state index in [9.17, 15) is 9.90 Å². The van der Waals surface area contributed by atoms with Crippen LogP contribution in [-0.2, 0) is 17.8 Å². The van der Waals surface area contributed by atoms with Crippen molar-refractivity contribution in [3.05, 3.63) is 65.4 Å². The molecule has 3 rings (SSSR count). The minimum Gasteiger partial charge on any atom is -0.497 e. The van der Waals surface area contributed by atoms with Crippen LogP contribution in [0.25, 0.3) is 11.0 Å². The average molecular weight is 353 g/mol. The van der Waals surface area contributed by atoms with E-state index in [-0.39, 0.29) is 5.91 Å². The fourth-order valence-corrected chi connectivity index (χ4v) is 3.09. The molecule has 1 unspecified atom stereocenters. The van der Waals surface area contributed by atoms with E-state index in [1.165, 1.54) is 4.90 Å². The van der Waals surface area contributed by atoms with Crippen molar-refractivity contribution >= 4 is 16.9 Å². The Morgan fingerprint density at radius 1 is 1.23 bits per heavy atom. The normalized spacial score (nSPS) is 12.2. The lowest BCUT2D eigenvalue weighted by molar-refractivity contribution is -0.139. The maximum atomic E-state index is 12.7. The average Bonchev–Trinajstić information content (AvgIpc) is 3.04. The minimum atomic E-state index is -1.24. The first-order valence-corrected chi connectivity index (χ1v) is 8.61. The molecule has 3 aromatic rings. The Hall–Kier alpha value is -2.79. The second kappa shape index (κ2) is 7.62. The topological polar surface area (TPSA) is 62.9 Å². The number of furan rings is 1. The van der Waals surface area contributed by atoms with Crippen LogP contribution in [0.4, 0.5) is 0 Å². The van der Waals surface area contributed by atoms with E-state index in [4.69, 9.17) is 9.15 Å². The lowest BCUT2D eigenvalue weighted by Gasteiger charge is -2.21. The quantitative estimate of drug-likeness (QED) is 0.734. The van der Waals surface area contributed by atoms with Gasteiger partial charge in [0.25, 0.3) is 5.91 Å². The summed E-state index contributed by atoms with van der Waals surface area (Å²) in [4.78, 5) is 14.2. The number of carbonyl (C=O) groups is 1. The van der Waals surface area contributed by atoms with Gasteiger partial charge in [-0.1, -0.05) is 37.3 Å². The highest BCUT2D eigenvalue weighted by Crippen LogP contribution is 2.28. The Labute approximate surface area is 152 Å². The fraction of sp³-hybridized carbons (Fsp3) is 0.286. The second-order valence-electron chi connectivity index (χ2n) is 6.23. The molecule has 1 N–H and O–H groups in total. The molecule has 1 aromatic heterocycles. The largest absolute Gasteiger partial charge is 0.497 e. The molecule has 2 aromatic carbocycles. The van der Waals surface area contributed by atoms with E-state index in [2.05, 4.69) is 0 Å². The van der Waals surface area contributed by atoms with E-state index in [0.29, 0.717) is 17.9 Å². The Morgan fingerprint density at radius 3 is 2.73 bits per heavy atom. The molecule has 0 saturated heterocycles. The molecule has 5 heteroatoms. The number of aliphatic hydroxyl groups is 1. The van der Waals surface area contributed by atoms with Crippen molar-refractivity contribution in [2.24, 2.45) is 0 Å². The Bertz CT molecular complexity index is 915. The molecule has 0 aliphatic heterocycles. The molecule has 0 radical (unpaired) electrons. The van der Waals surface area contributed by atoms with Crippen LogP contribution in [0.1, 0.15) is 29.9 Å². The number of methoxy groups -OCH3 is 1. The fourth-order valence-electron chi connectivity index (χ4n) is 3.09. The number of para-hydroxylation sites is 1. The highest BCUT2D eigenvalue weighted by atomic mass is 16.5. The van der Waals surface area contributed by atoms with E-state index >= 15 is 0 Å². The van der Waals surface area contributed by atoms with Crippen LogP contribution >= 0.6 is 0 Å². The highest BCUT2D eigenvalue weighted by Gasteiger charge is 2.24. The number of rotatable bonds is 6. The third-order valence-corrected chi connectivity index (χ3v) is 4.52. The molecular weight excluding hydrogens is 330 g/mol. The van der Waals surface area contributed by atoms with Crippen LogP contribution < -0.4 is 4.74 Å². The Kier molecular flexibility index (Phi) is 5.28. The molecule has 1 amide bonds. The number of benzene rings is 2. The standard InChI is InChI=1S/C21H23NO4/c1-4-18-17(16-10-5-6-11-19(16)26-18)13-22(2)21(24)20(23)14-8-7-9-15(12-14)25-3/h5-12,20,23H,4,13H2,1-3H3. The van der Waals surface area contributed by atoms with Crippen molar-refractivity contribution in [3.8, 4) is 5.75 Å². The molecule has 0 aliphatic carbocycles. The van der Waals surface area contributed by atoms with E-state index in [1.807, 2.05) is 31.2 Å². The van der Waals surface area contributed by atoms with E-state index in [0.717, 1.165) is 28.7 Å². The van der Waals surface area contributed by atoms with Crippen molar-refractivity contribution in [3.63, 3.8) is 0 Å². The number of aryl methyl sites for hydroxylation is 1. The molecule has 0 fully saturated rings. The second-order valence-corrected chi connectivity index (χ2v) is 6.23. The third kappa shape index (κ3) is 3.44. The number of carbonyl (C=O) groups excluding carboxylic acids is 1. The molecule has 5 nitrogen and oxygen atoms in total. The first-order chi connectivity index (χ1) is 12.5. The highest BCUT2D eigenvalue weighted by molar-refractivity contribution is 5.85. The number of ether oxygens (including phenoxy) is 1. The van der Waals surface area contributed by atoms with Crippen LogP contribution in [0.3, 0.4) is 0 Å². The van der Waals surface area contributed by atoms with Gasteiger partial charge in [0, 0.05) is 31.0 Å². The van der Waals surface area contributed by atoms with Crippen molar-refractivity contribution in [2.75, 3.05) is 14.2 Å². The Morgan fingerprint density at radius 2 is 2.00 bits per heavy atom. The zero-order chi connectivity index (χ0) is 18.7. The number of nitrogens with zero attached hydrogens (tertiary/aromatic N) is 1. The summed E-state index contributed by atoms with van der Waals surface area (Å²) in [5.41, 5.74) is 2.30. The number of likely N-dealkylation sites (N-methyl/N-ethyl adjacent to an activating group) is 1. The van der Waals surface area contributed by atoms with Crippen molar-refractivity contribution in [1.29, 1.82) is 0 Å². The number of aliphatic hydroxyl groups excluding tert-OH is 1. The predicted molar refractivity (Wildman–Crippen MR) is 100 cm³/mol. The van der Waals surface area contributed by atoms with E-state index < -0.39 is 6.10 Å². The first-order valence-electron chi connectivity index (χ1n) is 8.61. The Balaban J connectivity index is 1.83. The summed E-state index contributed by atoms with van der Waals surface area (Å²) in [6.07, 6.45) is -0.497. The summed E-state index contributed by atoms with van der Waals surface area (Å²) in [6, 6.07) is 14.7. The number of amides is 1. The van der Waals surface area contributed by atoms with Gasteiger partial charge in [-0.05, 0) is 23.8 Å². The van der Waals surface area contributed by atoms with Gasteiger partial charge in [0.05, 0.1) is 7.11 Å². The summed E-state index contributed by atoms with van der Waals surface area (Å²) >= 11 is 0. The summed E-state index contributed by atoms with van der Waals surface area (Å²) in [5.74, 6) is 1.10. The van der Waals surface area contributed by atoms with Crippen molar-refractivity contribution in [1.82, 2.24) is 4.90 Å². The van der Waals surface area contributed by atoms with Crippen LogP contribution in [0.2, 0.25) is 0 Å². The van der Waals surface area contributed by atoms with Crippen molar-refractivity contribution < 1.29 is 19.1 Å². The molecule has 1 heterocycles. The van der Waals surface area contributed by atoms with Crippen LogP contribution in [-0.4, -0.2) is 30.1 Å². The molecular formula is C21H23NO4. The van der Waals surface area contributed by atoms with Gasteiger partial charge < -0.3 is 19.2 Å². The molecule has 0 saturated carbocycles. The zero-order valence-electron chi connectivity index (χ0n) is 15.2. The smallest absolute Gasteiger partial charge is 0.256 e. The van der Waals surface area contributed by atoms with Gasteiger partial charge >= 0.3 is 0 Å². The third-order valence-electron chi connectivity index (χ3n) is 4.52. The number of fused-ring (bicyclic) bond motifs is 1. The first kappa shape index (κ1) is 18.0. The number of hydrogen-bond donors (Lipinski definition) is 1. The summed E-state index contributed by atoms with van der Waals surface area (Å²) in [5, 5.41) is 11.5. The van der Waals surface area contributed by atoms with Crippen LogP contribution in [0.5, 0.6) is 5.75 Å². The summed E-state index contributed by atoms with van der Waals surface area (Å²) in [7, 11) is 3.24. The lowest BCUT2D eigenvalue weighted by Crippen LogP contribution is -2.31. The molecule has 1 atom stereocenters. The summed E-state index contributed by atoms with van der Waals surface area (Å²) < 4.78 is 11.0. The van der Waals surface area contributed by atoms with Crippen molar-refractivity contribution in [2.45, 2.75) is 26.0 Å². The maximum absolute atomic E-state index is 12.7. The number of hydrogen-bond acceptors (Lipinski definition) is 4. The zero-order valence-corrected chi connectivity index (χ0v) is 15.2. The SMILES string of the molecule is CCc1oc2ccccc2c1CN(C)C(=O)C(O)c1cccc(OC)c1. The molecule has 136 valence electrons. The molecule has 26 heavy (non-hydrogen) atoms. The minimum absolute atomic E-state index is 0.370. The van der Waals surface area contributed by atoms with Gasteiger partial charge in [0.15, 0.2) is 6.10 Å². The molecule has 0 aliphatic rings. The van der Waals surface area contributed by atoms with Gasteiger partial charge in [-0.3, -0.25) is 4.79 Å². The van der Waals surface area contributed by atoms with Crippen LogP contribution in [0.15, 0.2) is 52.9 Å². The monoisotopic (exact) mass is 353 g/mol. The summed E-state index contributed by atoms with van der Waals surface area (Å²) in [6.45, 7) is 2.40. The van der Waals surface area contributed by atoms with Gasteiger partial charge in [-0.2, -0.15) is 0 Å². The molecule has 0 bridgehead atoms.